The molecule has 0 aromatic heterocycles. The highest BCUT2D eigenvalue weighted by atomic mass is 16.5. The Balaban J connectivity index is 1.72. The number of carbonyl (C=O) groups excluding carboxylic acids is 2. The van der Waals surface area contributed by atoms with E-state index in [9.17, 15) is 9.59 Å². The molecule has 0 spiro atoms. The zero-order valence-electron chi connectivity index (χ0n) is 16.9. The van der Waals surface area contributed by atoms with Crippen LogP contribution in [-0.2, 0) is 20.7 Å². The van der Waals surface area contributed by atoms with E-state index < -0.39 is 18.0 Å². The number of amides is 1. The molecule has 0 saturated heterocycles. The second-order valence-electron chi connectivity index (χ2n) is 6.68. The highest BCUT2D eigenvalue weighted by Crippen LogP contribution is 2.27. The number of esters is 1. The van der Waals surface area contributed by atoms with Crippen molar-refractivity contribution in [3.63, 3.8) is 0 Å². The Morgan fingerprint density at radius 2 is 1.50 bits per heavy atom. The van der Waals surface area contributed by atoms with E-state index in [0.717, 1.165) is 5.56 Å². The summed E-state index contributed by atoms with van der Waals surface area (Å²) in [6.45, 7) is 2.35. The van der Waals surface area contributed by atoms with Gasteiger partial charge in [0.25, 0.3) is 5.91 Å². The normalized spacial score (nSPS) is 11.4. The average molecular weight is 403 g/mol. The lowest BCUT2D eigenvalue weighted by molar-refractivity contribution is -0.154. The van der Waals surface area contributed by atoms with Gasteiger partial charge in [0.1, 0.15) is 5.75 Å². The summed E-state index contributed by atoms with van der Waals surface area (Å²) in [6.07, 6.45) is -0.310. The number of rotatable bonds is 9. The van der Waals surface area contributed by atoms with Gasteiger partial charge in [-0.05, 0) is 31.0 Å². The van der Waals surface area contributed by atoms with Crippen molar-refractivity contribution in [3.05, 3.63) is 96.1 Å². The third-order valence-electron chi connectivity index (χ3n) is 4.50. The van der Waals surface area contributed by atoms with Crippen molar-refractivity contribution in [1.29, 1.82) is 0 Å². The molecule has 154 valence electrons. The number of carbonyl (C=O) groups is 2. The molecule has 0 bridgehead atoms. The van der Waals surface area contributed by atoms with E-state index >= 15 is 0 Å². The summed E-state index contributed by atoms with van der Waals surface area (Å²) < 4.78 is 11.2. The topological polar surface area (TPSA) is 64.6 Å². The Bertz CT molecular complexity index is 957. The van der Waals surface area contributed by atoms with Gasteiger partial charge in [-0.2, -0.15) is 0 Å². The molecule has 1 amide bonds. The summed E-state index contributed by atoms with van der Waals surface area (Å²) in [5, 5.41) is 2.83. The van der Waals surface area contributed by atoms with Gasteiger partial charge in [0, 0.05) is 12.0 Å². The van der Waals surface area contributed by atoms with Crippen LogP contribution in [-0.4, -0.2) is 18.5 Å². The van der Waals surface area contributed by atoms with Gasteiger partial charge < -0.3 is 14.8 Å². The molecule has 0 aliphatic rings. The molecule has 3 aromatic carbocycles. The van der Waals surface area contributed by atoms with Crippen molar-refractivity contribution in [3.8, 4) is 5.75 Å². The number of anilines is 1. The molecule has 5 nitrogen and oxygen atoms in total. The highest BCUT2D eigenvalue weighted by molar-refractivity contribution is 5.97. The first-order chi connectivity index (χ1) is 14.7. The van der Waals surface area contributed by atoms with E-state index in [2.05, 4.69) is 5.32 Å². The fourth-order valence-electron chi connectivity index (χ4n) is 3.03. The maximum Gasteiger partial charge on any atom is 0.307 e. The third kappa shape index (κ3) is 5.95. The number of hydrogen-bond donors (Lipinski definition) is 1. The van der Waals surface area contributed by atoms with Crippen LogP contribution in [0.5, 0.6) is 5.75 Å². The Kier molecular flexibility index (Phi) is 7.61. The molecular formula is C25H25NO4. The van der Waals surface area contributed by atoms with Gasteiger partial charge in [0.15, 0.2) is 0 Å². The van der Waals surface area contributed by atoms with Crippen molar-refractivity contribution in [1.82, 2.24) is 0 Å². The van der Waals surface area contributed by atoms with E-state index in [1.807, 2.05) is 67.6 Å². The first-order valence-corrected chi connectivity index (χ1v) is 9.98. The van der Waals surface area contributed by atoms with Crippen LogP contribution in [0.2, 0.25) is 0 Å². The van der Waals surface area contributed by atoms with Crippen LogP contribution in [0, 0.1) is 0 Å². The van der Waals surface area contributed by atoms with Crippen LogP contribution in [0.25, 0.3) is 0 Å². The predicted octanol–water partition coefficient (Wildman–Crippen LogP) is 4.94. The first kappa shape index (κ1) is 21.1. The zero-order chi connectivity index (χ0) is 21.2. The minimum absolute atomic E-state index is 0.191. The second-order valence-corrected chi connectivity index (χ2v) is 6.68. The lowest BCUT2D eigenvalue weighted by Gasteiger charge is -2.19. The van der Waals surface area contributed by atoms with E-state index in [1.54, 1.807) is 24.3 Å². The molecule has 1 atom stereocenters. The summed E-state index contributed by atoms with van der Waals surface area (Å²) in [6, 6.07) is 25.9. The Hall–Kier alpha value is -3.60. The zero-order valence-corrected chi connectivity index (χ0v) is 16.9. The molecule has 1 N–H and O–H groups in total. The quantitative estimate of drug-likeness (QED) is 0.514. The van der Waals surface area contributed by atoms with E-state index in [1.165, 1.54) is 0 Å². The Morgan fingerprint density at radius 3 is 2.20 bits per heavy atom. The number of benzene rings is 3. The minimum Gasteiger partial charge on any atom is -0.492 e. The number of para-hydroxylation sites is 2. The molecular weight excluding hydrogens is 378 g/mol. The third-order valence-corrected chi connectivity index (χ3v) is 4.50. The molecule has 0 radical (unpaired) electrons. The van der Waals surface area contributed by atoms with Crippen LogP contribution in [0.1, 0.15) is 30.6 Å². The van der Waals surface area contributed by atoms with Crippen molar-refractivity contribution in [2.75, 3.05) is 11.9 Å². The van der Waals surface area contributed by atoms with Crippen LogP contribution in [0.3, 0.4) is 0 Å². The lowest BCUT2D eigenvalue weighted by Crippen LogP contribution is -2.26. The number of ether oxygens (including phenoxy) is 2. The van der Waals surface area contributed by atoms with Gasteiger partial charge in [0.2, 0.25) is 6.10 Å². The molecule has 0 unspecified atom stereocenters. The average Bonchev–Trinajstić information content (AvgIpc) is 2.79. The maximum atomic E-state index is 13.0. The monoisotopic (exact) mass is 403 g/mol. The highest BCUT2D eigenvalue weighted by Gasteiger charge is 2.25. The van der Waals surface area contributed by atoms with Gasteiger partial charge in [-0.25, -0.2) is 0 Å². The summed E-state index contributed by atoms with van der Waals surface area (Å²) >= 11 is 0. The molecule has 5 heteroatoms. The SMILES string of the molecule is CCOc1ccccc1NC(=O)[C@@H](OC(=O)CCc1ccccc1)c1ccccc1. The molecule has 3 rings (SSSR count). The van der Waals surface area contributed by atoms with Crippen molar-refractivity contribution in [2.24, 2.45) is 0 Å². The molecule has 0 fully saturated rings. The number of hydrogen-bond acceptors (Lipinski definition) is 4. The van der Waals surface area contributed by atoms with Crippen LogP contribution in [0.15, 0.2) is 84.9 Å². The van der Waals surface area contributed by atoms with Crippen molar-refractivity contribution in [2.45, 2.75) is 25.9 Å². The summed E-state index contributed by atoms with van der Waals surface area (Å²) in [5.74, 6) is -0.294. The molecule has 0 saturated carbocycles. The Morgan fingerprint density at radius 1 is 0.867 bits per heavy atom. The fraction of sp³-hybridized carbons (Fsp3) is 0.200. The van der Waals surface area contributed by atoms with Crippen molar-refractivity contribution < 1.29 is 19.1 Å². The molecule has 0 aliphatic heterocycles. The van der Waals surface area contributed by atoms with Gasteiger partial charge in [-0.1, -0.05) is 72.8 Å². The van der Waals surface area contributed by atoms with E-state index in [0.29, 0.717) is 30.0 Å². The van der Waals surface area contributed by atoms with E-state index in [4.69, 9.17) is 9.47 Å². The van der Waals surface area contributed by atoms with Gasteiger partial charge >= 0.3 is 5.97 Å². The minimum atomic E-state index is -1.05. The predicted molar refractivity (Wildman–Crippen MR) is 116 cm³/mol. The smallest absolute Gasteiger partial charge is 0.307 e. The van der Waals surface area contributed by atoms with Crippen LogP contribution in [0.4, 0.5) is 5.69 Å². The number of aryl methyl sites for hydroxylation is 1. The summed E-state index contributed by atoms with van der Waals surface area (Å²) in [5.41, 5.74) is 2.18. The number of nitrogens with one attached hydrogen (secondary N) is 1. The largest absolute Gasteiger partial charge is 0.492 e. The van der Waals surface area contributed by atoms with Gasteiger partial charge in [-0.3, -0.25) is 9.59 Å². The summed E-state index contributed by atoms with van der Waals surface area (Å²) in [7, 11) is 0. The summed E-state index contributed by atoms with van der Waals surface area (Å²) in [4.78, 5) is 25.5. The lowest BCUT2D eigenvalue weighted by atomic mass is 10.1. The Labute approximate surface area is 176 Å². The van der Waals surface area contributed by atoms with Gasteiger partial charge in [-0.15, -0.1) is 0 Å². The molecule has 3 aromatic rings. The van der Waals surface area contributed by atoms with Gasteiger partial charge in [0.05, 0.1) is 12.3 Å². The van der Waals surface area contributed by atoms with Crippen LogP contribution < -0.4 is 10.1 Å². The van der Waals surface area contributed by atoms with Crippen LogP contribution >= 0.6 is 0 Å². The van der Waals surface area contributed by atoms with Crippen molar-refractivity contribution >= 4 is 17.6 Å². The second kappa shape index (κ2) is 10.8. The fourth-order valence-corrected chi connectivity index (χ4v) is 3.03. The van der Waals surface area contributed by atoms with E-state index in [-0.39, 0.29) is 6.42 Å². The molecule has 30 heavy (non-hydrogen) atoms. The first-order valence-electron chi connectivity index (χ1n) is 9.98. The standard InChI is InChI=1S/C25H25NO4/c1-2-29-22-16-10-9-15-21(22)26-25(28)24(20-13-7-4-8-14-20)30-23(27)18-17-19-11-5-3-6-12-19/h3-16,24H,2,17-18H2,1H3,(H,26,28)/t24-/m0/s1. The maximum absolute atomic E-state index is 13.0. The molecule has 0 heterocycles. The molecule has 0 aliphatic carbocycles.